The lowest BCUT2D eigenvalue weighted by molar-refractivity contribution is 0.804. The number of aryl methyl sites for hydroxylation is 2. The molecule has 0 spiro atoms. The molecule has 0 aliphatic rings. The lowest BCUT2D eigenvalue weighted by Gasteiger charge is -2.10. The van der Waals surface area contributed by atoms with Gasteiger partial charge in [-0.25, -0.2) is 9.67 Å². The van der Waals surface area contributed by atoms with Crippen LogP contribution in [-0.2, 0) is 0 Å². The number of pyridine rings is 1. The molecule has 10 nitrogen and oxygen atoms in total. The first kappa shape index (κ1) is 19.2. The third-order valence-corrected chi connectivity index (χ3v) is 4.92. The fourth-order valence-corrected chi connectivity index (χ4v) is 3.43. The molecule has 0 bridgehead atoms. The fourth-order valence-electron chi connectivity index (χ4n) is 3.43. The second-order valence-electron chi connectivity index (χ2n) is 7.28. The predicted molar refractivity (Wildman–Crippen MR) is 118 cm³/mol. The van der Waals surface area contributed by atoms with Gasteiger partial charge in [0.05, 0.1) is 16.7 Å². The summed E-state index contributed by atoms with van der Waals surface area (Å²) >= 11 is 0. The average molecular weight is 423 g/mol. The van der Waals surface area contributed by atoms with Crippen LogP contribution in [0.4, 0.5) is 11.5 Å². The minimum atomic E-state index is -0.194. The highest BCUT2D eigenvalue weighted by Crippen LogP contribution is 2.23. The molecule has 4 heterocycles. The molecular formula is C22H17N9O. The van der Waals surface area contributed by atoms with Crippen molar-refractivity contribution in [3.63, 3.8) is 0 Å². The van der Waals surface area contributed by atoms with Crippen LogP contribution in [0.3, 0.4) is 0 Å². The van der Waals surface area contributed by atoms with Gasteiger partial charge in [-0.2, -0.15) is 15.5 Å². The van der Waals surface area contributed by atoms with Gasteiger partial charge in [0.25, 0.3) is 0 Å². The van der Waals surface area contributed by atoms with E-state index in [9.17, 15) is 4.79 Å². The number of aromatic nitrogens is 7. The summed E-state index contributed by atoms with van der Waals surface area (Å²) in [4.78, 5) is 20.1. The highest BCUT2D eigenvalue weighted by Gasteiger charge is 2.11. The average Bonchev–Trinajstić information content (AvgIpc) is 3.38. The summed E-state index contributed by atoms with van der Waals surface area (Å²) in [6, 6.07) is 16.0. The molecule has 1 aromatic carbocycles. The maximum Gasteiger partial charge on any atom is 0.185 e. The van der Waals surface area contributed by atoms with Gasteiger partial charge in [0, 0.05) is 23.5 Å². The van der Waals surface area contributed by atoms with Gasteiger partial charge in [-0.1, -0.05) is 0 Å². The van der Waals surface area contributed by atoms with Crippen LogP contribution in [0.1, 0.15) is 17.1 Å². The zero-order valence-corrected chi connectivity index (χ0v) is 17.2. The third-order valence-electron chi connectivity index (χ3n) is 4.92. The molecule has 0 saturated carbocycles. The van der Waals surface area contributed by atoms with Crippen molar-refractivity contribution in [3.8, 4) is 17.7 Å². The van der Waals surface area contributed by atoms with Crippen LogP contribution >= 0.6 is 0 Å². The Balaban J connectivity index is 1.53. The van der Waals surface area contributed by atoms with Crippen LogP contribution < -0.4 is 10.7 Å². The SMILES string of the molecule is Cc1ccc(Nc2ccc3c(c2)ncn3-c2cc(=O)cc(-n3nc(C#N)cc3C)[nH]2)nn1. The molecule has 0 saturated heterocycles. The monoisotopic (exact) mass is 423 g/mol. The minimum absolute atomic E-state index is 0.194. The molecule has 156 valence electrons. The number of nitrogens with zero attached hydrogens (tertiary/aromatic N) is 7. The second kappa shape index (κ2) is 7.48. The number of imidazole rings is 1. The molecule has 0 atom stereocenters. The topological polar surface area (TPSA) is 130 Å². The van der Waals surface area contributed by atoms with Crippen LogP contribution in [0.25, 0.3) is 22.7 Å². The number of hydrogen-bond donors (Lipinski definition) is 2. The van der Waals surface area contributed by atoms with E-state index < -0.39 is 0 Å². The number of H-pyrrole nitrogens is 1. The number of hydrogen-bond acceptors (Lipinski definition) is 7. The molecule has 0 unspecified atom stereocenters. The number of fused-ring (bicyclic) bond motifs is 1. The van der Waals surface area contributed by atoms with Crippen molar-refractivity contribution in [2.24, 2.45) is 0 Å². The fraction of sp³-hybridized carbons (Fsp3) is 0.0909. The molecule has 5 aromatic rings. The summed E-state index contributed by atoms with van der Waals surface area (Å²) < 4.78 is 3.33. The molecule has 10 heteroatoms. The van der Waals surface area contributed by atoms with Gasteiger partial charge in [0.1, 0.15) is 24.0 Å². The molecule has 0 fully saturated rings. The molecule has 2 N–H and O–H groups in total. The molecule has 0 aliphatic carbocycles. The van der Waals surface area contributed by atoms with Crippen molar-refractivity contribution in [2.45, 2.75) is 13.8 Å². The summed E-state index contributed by atoms with van der Waals surface area (Å²) in [5.74, 6) is 1.64. The van der Waals surface area contributed by atoms with Crippen LogP contribution in [0.5, 0.6) is 0 Å². The molecule has 4 aromatic heterocycles. The van der Waals surface area contributed by atoms with Gasteiger partial charge in [-0.05, 0) is 50.2 Å². The van der Waals surface area contributed by atoms with E-state index in [-0.39, 0.29) is 11.1 Å². The Morgan fingerprint density at radius 1 is 1.03 bits per heavy atom. The molecular weight excluding hydrogens is 406 g/mol. The van der Waals surface area contributed by atoms with E-state index in [2.05, 4.69) is 30.6 Å². The van der Waals surface area contributed by atoms with Crippen molar-refractivity contribution >= 4 is 22.5 Å². The largest absolute Gasteiger partial charge is 0.339 e. The first-order chi connectivity index (χ1) is 15.5. The molecule has 32 heavy (non-hydrogen) atoms. The van der Waals surface area contributed by atoms with E-state index in [1.807, 2.05) is 50.2 Å². The maximum absolute atomic E-state index is 12.4. The highest BCUT2D eigenvalue weighted by molar-refractivity contribution is 5.81. The normalized spacial score (nSPS) is 10.9. The van der Waals surface area contributed by atoms with Crippen molar-refractivity contribution < 1.29 is 0 Å². The van der Waals surface area contributed by atoms with Gasteiger partial charge in [-0.3, -0.25) is 9.36 Å². The Kier molecular flexibility index (Phi) is 4.49. The van der Waals surface area contributed by atoms with Crippen LogP contribution in [0.15, 0.2) is 59.7 Å². The molecule has 0 radical (unpaired) electrons. The first-order valence-corrected chi connectivity index (χ1v) is 9.76. The molecule has 5 rings (SSSR count). The van der Waals surface area contributed by atoms with Gasteiger partial charge in [-0.15, -0.1) is 5.10 Å². The van der Waals surface area contributed by atoms with Gasteiger partial charge in [0.15, 0.2) is 16.9 Å². The zero-order chi connectivity index (χ0) is 22.2. The number of benzene rings is 1. The van der Waals surface area contributed by atoms with E-state index in [0.717, 1.165) is 28.1 Å². The summed E-state index contributed by atoms with van der Waals surface area (Å²) in [5.41, 5.74) is 4.03. The number of nitriles is 1. The quantitative estimate of drug-likeness (QED) is 0.454. The van der Waals surface area contributed by atoms with Crippen LogP contribution in [0, 0.1) is 25.2 Å². The van der Waals surface area contributed by atoms with Crippen LogP contribution in [0.2, 0.25) is 0 Å². The van der Waals surface area contributed by atoms with E-state index >= 15 is 0 Å². The predicted octanol–water partition coefficient (Wildman–Crippen LogP) is 2.92. The number of anilines is 2. The summed E-state index contributed by atoms with van der Waals surface area (Å²) in [5, 5.41) is 24.7. The lowest BCUT2D eigenvalue weighted by atomic mass is 10.2. The Morgan fingerprint density at radius 3 is 2.62 bits per heavy atom. The maximum atomic E-state index is 12.4. The standard InChI is InChI=1S/C22H17N9O/c1-13-3-6-20(28-27-13)25-15-4-5-19-18(8-15)24-12-30(19)21-9-17(32)10-22(26-21)31-14(2)7-16(11-23)29-31/h3-10,12H,1-2H3,(H,25,28)(H,26,32). The Morgan fingerprint density at radius 2 is 1.88 bits per heavy atom. The lowest BCUT2D eigenvalue weighted by Crippen LogP contribution is -2.11. The number of nitrogens with one attached hydrogen (secondary N) is 2. The third kappa shape index (κ3) is 3.48. The van der Waals surface area contributed by atoms with Crippen molar-refractivity contribution in [1.82, 2.24) is 34.5 Å². The Hall–Kier alpha value is -4.78. The van der Waals surface area contributed by atoms with E-state index in [1.54, 1.807) is 17.0 Å². The van der Waals surface area contributed by atoms with Crippen molar-refractivity contribution in [2.75, 3.05) is 5.32 Å². The number of rotatable bonds is 4. The van der Waals surface area contributed by atoms with Crippen molar-refractivity contribution in [3.05, 3.63) is 82.2 Å². The van der Waals surface area contributed by atoms with Gasteiger partial charge >= 0.3 is 0 Å². The molecule has 0 aliphatic heterocycles. The van der Waals surface area contributed by atoms with Gasteiger partial charge in [0.2, 0.25) is 0 Å². The minimum Gasteiger partial charge on any atom is -0.339 e. The van der Waals surface area contributed by atoms with E-state index in [4.69, 9.17) is 5.26 Å². The smallest absolute Gasteiger partial charge is 0.185 e. The summed E-state index contributed by atoms with van der Waals surface area (Å²) in [7, 11) is 0. The van der Waals surface area contributed by atoms with E-state index in [0.29, 0.717) is 17.5 Å². The summed E-state index contributed by atoms with van der Waals surface area (Å²) in [6.45, 7) is 3.70. The Labute approximate surface area is 181 Å². The summed E-state index contributed by atoms with van der Waals surface area (Å²) in [6.07, 6.45) is 1.64. The first-order valence-electron chi connectivity index (χ1n) is 9.76. The van der Waals surface area contributed by atoms with Crippen molar-refractivity contribution in [1.29, 1.82) is 5.26 Å². The Bertz CT molecular complexity index is 1550. The van der Waals surface area contributed by atoms with Gasteiger partial charge < -0.3 is 10.3 Å². The highest BCUT2D eigenvalue weighted by atomic mass is 16.1. The van der Waals surface area contributed by atoms with E-state index in [1.165, 1.54) is 16.8 Å². The number of aromatic amines is 1. The van der Waals surface area contributed by atoms with Crippen LogP contribution in [-0.4, -0.2) is 34.5 Å². The second-order valence-corrected chi connectivity index (χ2v) is 7.28. The molecule has 0 amide bonds. The zero-order valence-electron chi connectivity index (χ0n) is 17.2.